The lowest BCUT2D eigenvalue weighted by molar-refractivity contribution is -0.298. The van der Waals surface area contributed by atoms with Crippen molar-refractivity contribution in [1.29, 1.82) is 0 Å². The second-order valence-electron chi connectivity index (χ2n) is 14.4. The lowest BCUT2D eigenvalue weighted by atomic mass is 9.34. The van der Waals surface area contributed by atoms with E-state index in [0.29, 0.717) is 25.7 Å². The third-order valence-electron chi connectivity index (χ3n) is 12.2. The molecule has 42 heavy (non-hydrogen) atoms. The van der Waals surface area contributed by atoms with Crippen LogP contribution in [0, 0.1) is 33.5 Å². The Morgan fingerprint density at radius 1 is 0.833 bits per heavy atom. The van der Waals surface area contributed by atoms with Crippen molar-refractivity contribution in [3.05, 3.63) is 24.2 Å². The van der Waals surface area contributed by atoms with Gasteiger partial charge < -0.3 is 28.1 Å². The molecule has 3 aliphatic carbocycles. The first-order valence-electron chi connectivity index (χ1n) is 15.0. The average molecular weight is 587 g/mol. The number of rotatable bonds is 4. The fourth-order valence-corrected chi connectivity index (χ4v) is 10.6. The van der Waals surface area contributed by atoms with Gasteiger partial charge in [0.1, 0.15) is 30.0 Å². The Morgan fingerprint density at radius 3 is 2.05 bits per heavy atom. The lowest BCUT2D eigenvalue weighted by Crippen LogP contribution is -2.75. The number of hydrogen-bond donors (Lipinski definition) is 0. The molecular formula is C32H42O10. The molecule has 0 amide bonds. The van der Waals surface area contributed by atoms with Crippen LogP contribution in [0.2, 0.25) is 0 Å². The van der Waals surface area contributed by atoms with Gasteiger partial charge in [0, 0.05) is 54.4 Å². The van der Waals surface area contributed by atoms with Crippen LogP contribution >= 0.6 is 0 Å². The predicted molar refractivity (Wildman–Crippen MR) is 145 cm³/mol. The lowest BCUT2D eigenvalue weighted by Gasteiger charge is -2.71. The highest BCUT2D eigenvalue weighted by Gasteiger charge is 2.89. The zero-order valence-corrected chi connectivity index (χ0v) is 25.7. The van der Waals surface area contributed by atoms with Crippen molar-refractivity contribution in [2.45, 2.75) is 117 Å². The Labute approximate surface area is 246 Å². The van der Waals surface area contributed by atoms with Crippen LogP contribution in [0.4, 0.5) is 0 Å². The molecule has 6 rings (SSSR count). The Bertz CT molecular complexity index is 1320. The summed E-state index contributed by atoms with van der Waals surface area (Å²) in [6, 6.07) is 1.81. The maximum Gasteiger partial charge on any atom is 0.339 e. The summed E-state index contributed by atoms with van der Waals surface area (Å²) in [5.41, 5.74) is -2.88. The van der Waals surface area contributed by atoms with Crippen LogP contribution in [0.3, 0.4) is 0 Å². The van der Waals surface area contributed by atoms with Gasteiger partial charge in [-0.15, -0.1) is 0 Å². The molecule has 11 atom stereocenters. The fraction of sp³-hybridized carbons (Fsp3) is 0.750. The van der Waals surface area contributed by atoms with Crippen molar-refractivity contribution in [2.24, 2.45) is 33.5 Å². The molecule has 3 heterocycles. The number of hydrogen-bond acceptors (Lipinski definition) is 10. The minimum absolute atomic E-state index is 0.159. The molecular weight excluding hydrogens is 544 g/mol. The van der Waals surface area contributed by atoms with Gasteiger partial charge in [0.25, 0.3) is 0 Å². The maximum atomic E-state index is 13.5. The summed E-state index contributed by atoms with van der Waals surface area (Å²) in [5, 5.41) is 0. The summed E-state index contributed by atoms with van der Waals surface area (Å²) in [6.07, 6.45) is 2.16. The number of furan rings is 1. The number of ether oxygens (including phenoxy) is 5. The summed E-state index contributed by atoms with van der Waals surface area (Å²) in [6.45, 7) is 14.7. The first kappa shape index (κ1) is 29.2. The summed E-state index contributed by atoms with van der Waals surface area (Å²) in [7, 11) is 0. The third-order valence-corrected chi connectivity index (χ3v) is 12.2. The van der Waals surface area contributed by atoms with Gasteiger partial charge in [0.15, 0.2) is 6.10 Å². The minimum Gasteiger partial charge on any atom is -0.472 e. The number of epoxide rings is 1. The van der Waals surface area contributed by atoms with Gasteiger partial charge in [0.05, 0.1) is 12.5 Å². The van der Waals surface area contributed by atoms with Crippen LogP contribution in [0.25, 0.3) is 0 Å². The molecule has 10 heteroatoms. The van der Waals surface area contributed by atoms with Crippen molar-refractivity contribution in [3.63, 3.8) is 0 Å². The van der Waals surface area contributed by atoms with E-state index in [1.807, 2.05) is 6.07 Å². The molecule has 1 aromatic rings. The molecule has 2 saturated heterocycles. The Balaban J connectivity index is 1.54. The van der Waals surface area contributed by atoms with Crippen LogP contribution in [0.15, 0.2) is 23.0 Å². The average Bonchev–Trinajstić information content (AvgIpc) is 3.45. The Morgan fingerprint density at radius 2 is 1.45 bits per heavy atom. The first-order valence-corrected chi connectivity index (χ1v) is 15.0. The van der Waals surface area contributed by atoms with E-state index in [-0.39, 0.29) is 11.8 Å². The number of carbonyl (C=O) groups excluding carboxylic acids is 4. The summed E-state index contributed by atoms with van der Waals surface area (Å²) in [5.74, 6) is -2.01. The summed E-state index contributed by atoms with van der Waals surface area (Å²) < 4.78 is 36.2. The molecule has 10 nitrogen and oxygen atoms in total. The van der Waals surface area contributed by atoms with E-state index < -0.39 is 81.7 Å². The first-order chi connectivity index (χ1) is 19.5. The van der Waals surface area contributed by atoms with E-state index >= 15 is 0 Å². The highest BCUT2D eigenvalue weighted by molar-refractivity contribution is 5.82. The van der Waals surface area contributed by atoms with Gasteiger partial charge in [-0.25, -0.2) is 4.79 Å². The zero-order chi connectivity index (χ0) is 30.6. The van der Waals surface area contributed by atoms with Crippen molar-refractivity contribution >= 4 is 23.9 Å². The smallest absolute Gasteiger partial charge is 0.339 e. The largest absolute Gasteiger partial charge is 0.472 e. The molecule has 0 aromatic carbocycles. The normalized spacial score (nSPS) is 46.5. The second-order valence-corrected chi connectivity index (χ2v) is 14.4. The van der Waals surface area contributed by atoms with E-state index in [1.54, 1.807) is 12.5 Å². The van der Waals surface area contributed by atoms with Crippen LogP contribution in [-0.2, 0) is 42.9 Å². The van der Waals surface area contributed by atoms with Crippen LogP contribution in [0.1, 0.15) is 92.7 Å². The summed E-state index contributed by atoms with van der Waals surface area (Å²) in [4.78, 5) is 50.9. The van der Waals surface area contributed by atoms with Gasteiger partial charge in [-0.1, -0.05) is 34.6 Å². The van der Waals surface area contributed by atoms with Crippen molar-refractivity contribution in [1.82, 2.24) is 0 Å². The number of esters is 4. The molecule has 230 valence electrons. The van der Waals surface area contributed by atoms with Crippen LogP contribution in [0.5, 0.6) is 0 Å². The van der Waals surface area contributed by atoms with E-state index in [1.165, 1.54) is 20.8 Å². The molecule has 1 aromatic heterocycles. The highest BCUT2D eigenvalue weighted by Crippen LogP contribution is 2.80. The van der Waals surface area contributed by atoms with Gasteiger partial charge >= 0.3 is 23.9 Å². The van der Waals surface area contributed by atoms with Crippen molar-refractivity contribution < 1.29 is 47.3 Å². The SMILES string of the molecule is CC(=O)O[C@H]1C[C@@H](OC(C)=O)C(C)(C)[C@@H]2C[C@H](OC(C)=O)[C@]3(C)[C@H](CC[C@@]4(C)[C@H](c5ccoc5)OC(=O)[C@H]5O[C@@]534)[C@@]12C. The minimum atomic E-state index is -0.994. The van der Waals surface area contributed by atoms with Gasteiger partial charge in [-0.2, -0.15) is 0 Å². The zero-order valence-electron chi connectivity index (χ0n) is 25.7. The number of cyclic esters (lactones) is 1. The standard InChI is InChI=1S/C32H42O10/c1-16(33)38-22-14-23(39-17(2)34)30(7)20-9-11-29(6)25(19-10-12-37-15-19)41-27(36)26-32(29,42-26)31(20,8)24(40-18(3)35)13-21(30)28(22,4)5/h10,12,15,20-26H,9,11,13-14H2,1-8H3/t20-,21+,22-,23+,24+,25+,26-,29+,30-,31+,32-/m1/s1. The quantitative estimate of drug-likeness (QED) is 0.278. The molecule has 1 spiro atoms. The molecule has 5 fully saturated rings. The second kappa shape index (κ2) is 9.07. The molecule has 0 N–H and O–H groups in total. The Kier molecular flexibility index (Phi) is 6.30. The van der Waals surface area contributed by atoms with Gasteiger partial charge in [0.2, 0.25) is 0 Å². The molecule has 0 bridgehead atoms. The molecule has 0 unspecified atom stereocenters. The van der Waals surface area contributed by atoms with E-state index in [9.17, 15) is 19.2 Å². The molecule has 5 aliphatic rings. The highest BCUT2D eigenvalue weighted by atomic mass is 16.7. The fourth-order valence-electron chi connectivity index (χ4n) is 10.6. The third kappa shape index (κ3) is 3.53. The molecule has 2 aliphatic heterocycles. The van der Waals surface area contributed by atoms with Crippen molar-refractivity contribution in [3.8, 4) is 0 Å². The van der Waals surface area contributed by atoms with Gasteiger partial charge in [-0.05, 0) is 37.2 Å². The van der Waals surface area contributed by atoms with Gasteiger partial charge in [-0.3, -0.25) is 14.4 Å². The van der Waals surface area contributed by atoms with E-state index in [4.69, 9.17) is 28.1 Å². The van der Waals surface area contributed by atoms with E-state index in [2.05, 4.69) is 34.6 Å². The topological polar surface area (TPSA) is 131 Å². The molecule has 0 radical (unpaired) electrons. The van der Waals surface area contributed by atoms with Crippen molar-refractivity contribution in [2.75, 3.05) is 0 Å². The van der Waals surface area contributed by atoms with E-state index in [0.717, 1.165) is 5.56 Å². The predicted octanol–water partition coefficient (Wildman–Crippen LogP) is 4.69. The number of carbonyl (C=O) groups is 4. The summed E-state index contributed by atoms with van der Waals surface area (Å²) >= 11 is 0. The monoisotopic (exact) mass is 586 g/mol. The van der Waals surface area contributed by atoms with Crippen LogP contribution in [-0.4, -0.2) is 53.9 Å². The number of fused-ring (bicyclic) bond motifs is 3. The van der Waals surface area contributed by atoms with Crippen LogP contribution < -0.4 is 0 Å². The Hall–Kier alpha value is -2.88. The maximum absolute atomic E-state index is 13.5. The molecule has 3 saturated carbocycles.